The van der Waals surface area contributed by atoms with E-state index in [4.69, 9.17) is 4.42 Å². The summed E-state index contributed by atoms with van der Waals surface area (Å²) in [5, 5.41) is 5.36. The molecule has 36 heavy (non-hydrogen) atoms. The Balaban J connectivity index is 1.66. The highest BCUT2D eigenvalue weighted by Gasteiger charge is 2.24. The lowest BCUT2D eigenvalue weighted by atomic mass is 9.92. The predicted molar refractivity (Wildman–Crippen MR) is 145 cm³/mol. The van der Waals surface area contributed by atoms with Crippen LogP contribution < -0.4 is 4.57 Å². The molecule has 0 bridgehead atoms. The molecular formula is C33H23FNO+. The van der Waals surface area contributed by atoms with Gasteiger partial charge >= 0.3 is 0 Å². The quantitative estimate of drug-likeness (QED) is 0.183. The van der Waals surface area contributed by atoms with E-state index in [0.29, 0.717) is 22.8 Å². The number of rotatable bonds is 2. The van der Waals surface area contributed by atoms with E-state index in [-0.39, 0.29) is 0 Å². The van der Waals surface area contributed by atoms with Gasteiger partial charge in [-0.05, 0) is 63.8 Å². The van der Waals surface area contributed by atoms with E-state index in [1.807, 2.05) is 80.0 Å². The molecule has 172 valence electrons. The van der Waals surface area contributed by atoms with Gasteiger partial charge in [0.25, 0.3) is 0 Å². The summed E-state index contributed by atoms with van der Waals surface area (Å²) in [4.78, 5) is 0. The van der Waals surface area contributed by atoms with Gasteiger partial charge in [0.2, 0.25) is 5.69 Å². The Morgan fingerprint density at radius 2 is 1.36 bits per heavy atom. The summed E-state index contributed by atoms with van der Waals surface area (Å²) in [6.07, 6.45) is 2.01. The van der Waals surface area contributed by atoms with Crippen LogP contribution in [-0.2, 0) is 7.05 Å². The minimum absolute atomic E-state index is 0.298. The third-order valence-electron chi connectivity index (χ3n) is 7.20. The number of nitrogens with zero attached hydrogens (tertiary/aromatic N) is 1. The van der Waals surface area contributed by atoms with Gasteiger partial charge in [0.1, 0.15) is 24.0 Å². The lowest BCUT2D eigenvalue weighted by Crippen LogP contribution is -2.30. The first-order valence-electron chi connectivity index (χ1n) is 12.5. The number of hydrogen-bond acceptors (Lipinski definition) is 1. The van der Waals surface area contributed by atoms with Crippen LogP contribution in [0.4, 0.5) is 4.39 Å². The van der Waals surface area contributed by atoms with Crippen molar-refractivity contribution < 1.29 is 14.7 Å². The van der Waals surface area contributed by atoms with Crippen LogP contribution in [-0.4, -0.2) is 0 Å². The summed E-state index contributed by atoms with van der Waals surface area (Å²) >= 11 is 0. The number of fused-ring (bicyclic) bond motifs is 6. The highest BCUT2D eigenvalue weighted by atomic mass is 19.1. The van der Waals surface area contributed by atoms with Crippen molar-refractivity contribution in [3.05, 3.63) is 115 Å². The van der Waals surface area contributed by atoms with Crippen LogP contribution >= 0.6 is 0 Å². The van der Waals surface area contributed by atoms with Crippen molar-refractivity contribution in [3.8, 4) is 22.4 Å². The molecule has 0 amide bonds. The molecule has 0 saturated heterocycles. The molecule has 0 aliphatic carbocycles. The van der Waals surface area contributed by atoms with Crippen molar-refractivity contribution in [1.29, 1.82) is 0 Å². The molecule has 5 aromatic carbocycles. The minimum atomic E-state index is -0.399. The Hall–Kier alpha value is -4.50. The normalized spacial score (nSPS) is 12.1. The van der Waals surface area contributed by atoms with E-state index in [2.05, 4.69) is 23.6 Å². The first kappa shape index (κ1) is 19.8. The Kier molecular flexibility index (Phi) is 4.26. The van der Waals surface area contributed by atoms with E-state index in [1.54, 1.807) is 6.07 Å². The number of benzene rings is 5. The number of aromatic nitrogens is 1. The Morgan fingerprint density at radius 1 is 0.694 bits per heavy atom. The molecule has 3 heteroatoms. The van der Waals surface area contributed by atoms with Gasteiger partial charge in [0.05, 0.1) is 12.5 Å². The molecule has 0 aliphatic heterocycles. The van der Waals surface area contributed by atoms with Crippen LogP contribution in [0.15, 0.2) is 108 Å². The molecule has 2 heterocycles. The van der Waals surface area contributed by atoms with Crippen molar-refractivity contribution in [3.63, 3.8) is 0 Å². The molecule has 0 spiro atoms. The van der Waals surface area contributed by atoms with Crippen LogP contribution in [0.2, 0.25) is 0 Å². The van der Waals surface area contributed by atoms with Gasteiger partial charge in [-0.25, -0.2) is 8.96 Å². The molecule has 0 radical (unpaired) electrons. The Labute approximate surface area is 209 Å². The van der Waals surface area contributed by atoms with Crippen molar-refractivity contribution in [2.45, 2.75) is 6.92 Å². The summed E-state index contributed by atoms with van der Waals surface area (Å²) in [6.45, 7) is 2.06. The zero-order chi connectivity index (χ0) is 25.3. The molecule has 0 aliphatic rings. The van der Waals surface area contributed by atoms with E-state index < -0.39 is 5.82 Å². The zero-order valence-corrected chi connectivity index (χ0v) is 20.0. The lowest BCUT2D eigenvalue weighted by Gasteiger charge is -2.12. The van der Waals surface area contributed by atoms with Gasteiger partial charge in [0.15, 0.2) is 6.20 Å². The molecule has 0 saturated carbocycles. The number of aryl methyl sites for hydroxylation is 2. The summed E-state index contributed by atoms with van der Waals surface area (Å²) in [5.74, 6) is -0.399. The second kappa shape index (κ2) is 7.76. The third-order valence-corrected chi connectivity index (χ3v) is 7.20. The second-order valence-electron chi connectivity index (χ2n) is 9.32. The van der Waals surface area contributed by atoms with Crippen molar-refractivity contribution >= 4 is 43.5 Å². The fourth-order valence-electron chi connectivity index (χ4n) is 5.47. The first-order valence-corrected chi connectivity index (χ1v) is 12.0. The van der Waals surface area contributed by atoms with Gasteiger partial charge in [-0.15, -0.1) is 0 Å². The molecular weight excluding hydrogens is 445 g/mol. The second-order valence-corrected chi connectivity index (χ2v) is 9.32. The SMILES string of the molecule is [2H]c1c(-c2c(F)ccc3c2oc2c(-c4cccc[n+]4C)c(C)ccc23)c2ccccc2c2ccccc12. The van der Waals surface area contributed by atoms with Gasteiger partial charge in [-0.2, -0.15) is 0 Å². The van der Waals surface area contributed by atoms with Crippen molar-refractivity contribution in [2.75, 3.05) is 0 Å². The number of halogens is 1. The summed E-state index contributed by atoms with van der Waals surface area (Å²) < 4.78 is 33.7. The molecule has 2 aromatic heterocycles. The number of furan rings is 1. The maximum atomic E-state index is 15.9. The van der Waals surface area contributed by atoms with Crippen molar-refractivity contribution in [2.24, 2.45) is 7.05 Å². The van der Waals surface area contributed by atoms with Gasteiger partial charge in [-0.1, -0.05) is 60.7 Å². The Bertz CT molecular complexity index is 2040. The van der Waals surface area contributed by atoms with Gasteiger partial charge in [-0.3, -0.25) is 0 Å². The maximum absolute atomic E-state index is 15.9. The molecule has 0 fully saturated rings. The smallest absolute Gasteiger partial charge is 0.216 e. The van der Waals surface area contributed by atoms with Crippen LogP contribution in [0, 0.1) is 12.7 Å². The average Bonchev–Trinajstić information content (AvgIpc) is 3.29. The molecule has 0 atom stereocenters. The summed E-state index contributed by atoms with van der Waals surface area (Å²) in [6, 6.07) is 29.6. The monoisotopic (exact) mass is 469 g/mol. The molecule has 0 unspecified atom stereocenters. The lowest BCUT2D eigenvalue weighted by molar-refractivity contribution is -0.660. The molecule has 7 aromatic rings. The summed E-state index contributed by atoms with van der Waals surface area (Å²) in [5.41, 5.74) is 5.16. The standard InChI is InChI=1S/C33H23FNO/c1-20-14-15-25-26-16-17-28(34)31(33(26)36-32(25)30(20)29-13-7-8-18-35(29)2)27-19-21-9-3-4-10-22(21)23-11-5-6-12-24(23)27/h3-19H,1-2H3/q+1/i19D. The van der Waals surface area contributed by atoms with Crippen LogP contribution in [0.5, 0.6) is 0 Å². The fraction of sp³-hybridized carbons (Fsp3) is 0.0606. The van der Waals surface area contributed by atoms with E-state index in [9.17, 15) is 1.37 Å². The summed E-state index contributed by atoms with van der Waals surface area (Å²) in [7, 11) is 2.01. The Morgan fingerprint density at radius 3 is 2.17 bits per heavy atom. The maximum Gasteiger partial charge on any atom is 0.216 e. The van der Waals surface area contributed by atoms with Gasteiger partial charge < -0.3 is 4.42 Å². The first-order chi connectivity index (χ1) is 18.0. The number of hydrogen-bond donors (Lipinski definition) is 0. The highest BCUT2D eigenvalue weighted by Crippen LogP contribution is 2.44. The molecule has 7 rings (SSSR count). The van der Waals surface area contributed by atoms with Crippen LogP contribution in [0.1, 0.15) is 6.93 Å². The van der Waals surface area contributed by atoms with E-state index >= 15 is 4.39 Å². The topological polar surface area (TPSA) is 17.0 Å². The van der Waals surface area contributed by atoms with E-state index in [0.717, 1.165) is 54.7 Å². The van der Waals surface area contributed by atoms with Crippen LogP contribution in [0.25, 0.3) is 65.9 Å². The van der Waals surface area contributed by atoms with Gasteiger partial charge in [0, 0.05) is 22.9 Å². The average molecular weight is 470 g/mol. The predicted octanol–water partition coefficient (Wildman–Crippen LogP) is 8.50. The third kappa shape index (κ3) is 2.93. The van der Waals surface area contributed by atoms with Crippen molar-refractivity contribution in [1.82, 2.24) is 0 Å². The molecule has 0 N–H and O–H groups in total. The van der Waals surface area contributed by atoms with Crippen LogP contribution in [0.3, 0.4) is 0 Å². The van der Waals surface area contributed by atoms with E-state index in [1.165, 1.54) is 6.07 Å². The molecule has 2 nitrogen and oxygen atoms in total. The highest BCUT2D eigenvalue weighted by molar-refractivity contribution is 6.18. The minimum Gasteiger partial charge on any atom is -0.454 e. The largest absolute Gasteiger partial charge is 0.454 e. The zero-order valence-electron chi connectivity index (χ0n) is 21.0. The number of pyridine rings is 1. The fourth-order valence-corrected chi connectivity index (χ4v) is 5.47.